The maximum absolute atomic E-state index is 14.7. The number of carbonyl (C=O) groups excluding carboxylic acids is 1. The number of anilines is 2. The van der Waals surface area contributed by atoms with Crippen LogP contribution in [0.2, 0.25) is 0 Å². The summed E-state index contributed by atoms with van der Waals surface area (Å²) in [7, 11) is 3.99. The van der Waals surface area contributed by atoms with Crippen molar-refractivity contribution in [1.29, 1.82) is 0 Å². The van der Waals surface area contributed by atoms with Gasteiger partial charge in [0.15, 0.2) is 5.82 Å². The topological polar surface area (TPSA) is 140 Å². The molecule has 0 spiro atoms. The Balaban J connectivity index is 1.16. The number of nitrogens with zero attached hydrogens (tertiary/aromatic N) is 6. The highest BCUT2D eigenvalue weighted by Crippen LogP contribution is 2.33. The molecular formula is C35H37FN10O. The average molecular weight is 633 g/mol. The average Bonchev–Trinajstić information content (AvgIpc) is 3.69. The Hall–Kier alpha value is -5.23. The number of nitrogens with one attached hydrogen (secondary N) is 4. The van der Waals surface area contributed by atoms with Gasteiger partial charge >= 0.3 is 0 Å². The van der Waals surface area contributed by atoms with Crippen molar-refractivity contribution in [2.24, 2.45) is 5.92 Å². The van der Waals surface area contributed by atoms with E-state index in [1.807, 2.05) is 38.4 Å². The predicted octanol–water partition coefficient (Wildman–Crippen LogP) is 6.65. The smallest absolute Gasteiger partial charge is 0.224 e. The Morgan fingerprint density at radius 2 is 1.81 bits per heavy atom. The van der Waals surface area contributed by atoms with Crippen LogP contribution in [0.25, 0.3) is 56.0 Å². The number of pyridine rings is 3. The Kier molecular flexibility index (Phi) is 8.58. The number of halogens is 1. The van der Waals surface area contributed by atoms with Gasteiger partial charge in [0.2, 0.25) is 5.91 Å². The monoisotopic (exact) mass is 632 g/mol. The highest BCUT2D eigenvalue weighted by molar-refractivity contribution is 5.97. The Morgan fingerprint density at radius 3 is 2.66 bits per heavy atom. The number of likely N-dealkylation sites (N-methyl/N-ethyl adjacent to an activating group) is 1. The normalized spacial score (nSPS) is 13.9. The number of hydrogen-bond acceptors (Lipinski definition) is 8. The van der Waals surface area contributed by atoms with Crippen molar-refractivity contribution in [3.8, 4) is 34.0 Å². The minimum atomic E-state index is -0.356. The molecule has 1 fully saturated rings. The lowest BCUT2D eigenvalue weighted by Crippen LogP contribution is -2.20. The van der Waals surface area contributed by atoms with Crippen molar-refractivity contribution >= 4 is 39.2 Å². The molecule has 0 unspecified atom stereocenters. The number of aromatic amines is 2. The molecule has 5 aromatic heterocycles. The highest BCUT2D eigenvalue weighted by Gasteiger charge is 2.19. The number of fused-ring (bicyclic) bond motifs is 2. The number of rotatable bonds is 10. The van der Waals surface area contributed by atoms with Crippen LogP contribution in [0.5, 0.6) is 0 Å². The fourth-order valence-corrected chi connectivity index (χ4v) is 6.28. The summed E-state index contributed by atoms with van der Waals surface area (Å²) in [6.07, 6.45) is 13.2. The molecule has 0 bridgehead atoms. The van der Waals surface area contributed by atoms with Crippen LogP contribution < -0.4 is 10.6 Å². The minimum Gasteiger partial charge on any atom is -0.384 e. The van der Waals surface area contributed by atoms with Gasteiger partial charge in [-0.05, 0) is 69.3 Å². The van der Waals surface area contributed by atoms with Gasteiger partial charge in [-0.2, -0.15) is 5.10 Å². The largest absolute Gasteiger partial charge is 0.384 e. The first-order valence-electron chi connectivity index (χ1n) is 16.0. The van der Waals surface area contributed by atoms with Crippen LogP contribution in [0.1, 0.15) is 38.5 Å². The number of imidazole rings is 1. The lowest BCUT2D eigenvalue weighted by Gasteiger charge is -2.20. The summed E-state index contributed by atoms with van der Waals surface area (Å²) >= 11 is 0. The molecule has 1 saturated carbocycles. The number of aromatic nitrogens is 7. The molecule has 1 aliphatic rings. The summed E-state index contributed by atoms with van der Waals surface area (Å²) in [6, 6.07) is 10.5. The van der Waals surface area contributed by atoms with Crippen molar-refractivity contribution in [2.45, 2.75) is 38.5 Å². The maximum Gasteiger partial charge on any atom is 0.224 e. The molecule has 5 heterocycles. The van der Waals surface area contributed by atoms with E-state index in [0.717, 1.165) is 41.4 Å². The molecule has 1 aliphatic carbocycles. The van der Waals surface area contributed by atoms with Crippen molar-refractivity contribution in [3.63, 3.8) is 0 Å². The molecule has 6 aromatic rings. The molecular weight excluding hydrogens is 595 g/mol. The third kappa shape index (κ3) is 6.82. The van der Waals surface area contributed by atoms with Gasteiger partial charge in [0.25, 0.3) is 0 Å². The van der Waals surface area contributed by atoms with Crippen LogP contribution in [0, 0.1) is 11.7 Å². The summed E-state index contributed by atoms with van der Waals surface area (Å²) in [5.74, 6) is 0.658. The fraction of sp³-hybridized carbons (Fsp3) is 0.314. The zero-order chi connectivity index (χ0) is 32.3. The van der Waals surface area contributed by atoms with Crippen LogP contribution in [0.15, 0.2) is 61.2 Å². The zero-order valence-electron chi connectivity index (χ0n) is 26.5. The van der Waals surface area contributed by atoms with Crippen LogP contribution in [-0.4, -0.2) is 73.1 Å². The van der Waals surface area contributed by atoms with Gasteiger partial charge in [-0.3, -0.25) is 24.8 Å². The van der Waals surface area contributed by atoms with Crippen molar-refractivity contribution in [1.82, 2.24) is 40.0 Å². The number of benzene rings is 1. The van der Waals surface area contributed by atoms with Gasteiger partial charge in [0.1, 0.15) is 17.0 Å². The van der Waals surface area contributed by atoms with Gasteiger partial charge in [0.05, 0.1) is 40.5 Å². The SMILES string of the molecule is CN(C)CCNc1cc(F)cc(-c2nccc3[nH]c(-c4n[nH]c5cnc(-c6cncc(NC(=O)CC7CCCCC7)c6)cc45)nc23)c1. The number of hydrogen-bond donors (Lipinski definition) is 4. The summed E-state index contributed by atoms with van der Waals surface area (Å²) in [6.45, 7) is 1.49. The van der Waals surface area contributed by atoms with Crippen molar-refractivity contribution in [2.75, 3.05) is 37.8 Å². The summed E-state index contributed by atoms with van der Waals surface area (Å²) in [4.78, 5) is 36.7. The van der Waals surface area contributed by atoms with Gasteiger partial charge < -0.3 is 20.5 Å². The van der Waals surface area contributed by atoms with E-state index in [9.17, 15) is 9.18 Å². The Morgan fingerprint density at radius 1 is 0.957 bits per heavy atom. The summed E-state index contributed by atoms with van der Waals surface area (Å²) in [5, 5.41) is 14.7. The van der Waals surface area contributed by atoms with E-state index in [2.05, 4.69) is 45.7 Å². The van der Waals surface area contributed by atoms with Gasteiger partial charge in [-0.1, -0.05) is 19.3 Å². The van der Waals surface area contributed by atoms with E-state index in [-0.39, 0.29) is 11.7 Å². The lowest BCUT2D eigenvalue weighted by molar-refractivity contribution is -0.117. The molecule has 0 radical (unpaired) electrons. The van der Waals surface area contributed by atoms with E-state index in [4.69, 9.17) is 4.98 Å². The van der Waals surface area contributed by atoms with Crippen LogP contribution in [0.3, 0.4) is 0 Å². The Labute approximate surface area is 271 Å². The molecule has 47 heavy (non-hydrogen) atoms. The van der Waals surface area contributed by atoms with E-state index >= 15 is 0 Å². The molecule has 1 amide bonds. The quantitative estimate of drug-likeness (QED) is 0.132. The van der Waals surface area contributed by atoms with Gasteiger partial charge in [-0.15, -0.1) is 0 Å². The lowest BCUT2D eigenvalue weighted by atomic mass is 9.87. The summed E-state index contributed by atoms with van der Waals surface area (Å²) < 4.78 is 14.7. The second kappa shape index (κ2) is 13.2. The van der Waals surface area contributed by atoms with Crippen LogP contribution >= 0.6 is 0 Å². The maximum atomic E-state index is 14.7. The molecule has 240 valence electrons. The third-order valence-electron chi connectivity index (χ3n) is 8.65. The first-order chi connectivity index (χ1) is 22.9. The molecule has 7 rings (SSSR count). The fourth-order valence-electron chi connectivity index (χ4n) is 6.28. The van der Waals surface area contributed by atoms with E-state index < -0.39 is 0 Å². The molecule has 1 aromatic carbocycles. The molecule has 0 saturated heterocycles. The number of amides is 1. The standard InChI is InChI=1S/C35H37FN10O/c1-46(2)11-10-38-25-14-22(13-24(36)16-25)32-34-28(8-9-39-32)42-35(43-34)33-27-17-29(40-20-30(27)44-45-33)23-15-26(19-37-18-23)41-31(47)12-21-6-4-3-5-7-21/h8-9,13-21,38H,3-7,10-12H2,1-2H3,(H,41,47)(H,42,43)(H,44,45). The molecule has 11 nitrogen and oxygen atoms in total. The highest BCUT2D eigenvalue weighted by atomic mass is 19.1. The van der Waals surface area contributed by atoms with Crippen molar-refractivity contribution in [3.05, 3.63) is 67.0 Å². The molecule has 0 atom stereocenters. The minimum absolute atomic E-state index is 0.0187. The first-order valence-corrected chi connectivity index (χ1v) is 16.0. The zero-order valence-corrected chi connectivity index (χ0v) is 26.5. The van der Waals surface area contributed by atoms with Gasteiger partial charge in [0, 0.05) is 54.1 Å². The third-order valence-corrected chi connectivity index (χ3v) is 8.65. The van der Waals surface area contributed by atoms with Crippen LogP contribution in [0.4, 0.5) is 15.8 Å². The number of carbonyl (C=O) groups is 1. The van der Waals surface area contributed by atoms with Gasteiger partial charge in [-0.25, -0.2) is 9.37 Å². The molecule has 4 N–H and O–H groups in total. The van der Waals surface area contributed by atoms with E-state index in [0.29, 0.717) is 64.2 Å². The molecule has 12 heteroatoms. The van der Waals surface area contributed by atoms with E-state index in [1.165, 1.54) is 31.4 Å². The second-order valence-corrected chi connectivity index (χ2v) is 12.5. The second-order valence-electron chi connectivity index (χ2n) is 12.5. The van der Waals surface area contributed by atoms with Crippen LogP contribution in [-0.2, 0) is 4.79 Å². The molecule has 0 aliphatic heterocycles. The summed E-state index contributed by atoms with van der Waals surface area (Å²) in [5.41, 5.74) is 6.68. The first kappa shape index (κ1) is 30.4. The Bertz CT molecular complexity index is 2050. The predicted molar refractivity (Wildman–Crippen MR) is 182 cm³/mol. The number of H-pyrrole nitrogens is 2. The van der Waals surface area contributed by atoms with E-state index in [1.54, 1.807) is 24.8 Å². The van der Waals surface area contributed by atoms with Crippen molar-refractivity contribution < 1.29 is 9.18 Å².